The number of allylic oxidation sites excluding steroid dienone is 1. The lowest BCUT2D eigenvalue weighted by molar-refractivity contribution is -0.232. The molecule has 1 aromatic carbocycles. The molecule has 3 fully saturated rings. The summed E-state index contributed by atoms with van der Waals surface area (Å²) >= 11 is 0. The Morgan fingerprint density at radius 3 is 2.45 bits per heavy atom. The van der Waals surface area contributed by atoms with E-state index >= 15 is 0 Å². The molecule has 4 aliphatic rings. The zero-order chi connectivity index (χ0) is 23.6. The first-order chi connectivity index (χ1) is 15.5. The van der Waals surface area contributed by atoms with Crippen LogP contribution >= 0.6 is 0 Å². The summed E-state index contributed by atoms with van der Waals surface area (Å²) in [5, 5.41) is 22.6. The molecule has 0 heterocycles. The number of ether oxygens (including phenoxy) is 1. The smallest absolute Gasteiger partial charge is 0.169 e. The molecular weight excluding hydrogens is 419 g/mol. The normalized spacial score (nSPS) is 44.4. The average molecular weight is 457 g/mol. The standard InChI is InChI=1S/C28H37FO4/c1-18(30)28(32)13-11-24-22-9-6-20-16-27(31,33-17-19-4-7-21(29)8-5-19)15-14-25(20,2)23(22)10-12-26(24,28)3/h4-8,22-24,31-32H,9-17H2,1-3H3/t22-,23+,24+,25+,26+,27?,28+/m1/s1. The predicted octanol–water partition coefficient (Wildman–Crippen LogP) is 5.31. The molecule has 5 heteroatoms. The topological polar surface area (TPSA) is 66.8 Å². The zero-order valence-corrected chi connectivity index (χ0v) is 20.1. The first-order valence-corrected chi connectivity index (χ1v) is 12.5. The average Bonchev–Trinajstić information content (AvgIpc) is 3.06. The molecular formula is C28H37FO4. The Balaban J connectivity index is 1.34. The van der Waals surface area contributed by atoms with Crippen LogP contribution in [-0.2, 0) is 16.1 Å². The van der Waals surface area contributed by atoms with Gasteiger partial charge in [0.05, 0.1) is 6.61 Å². The zero-order valence-electron chi connectivity index (χ0n) is 20.1. The molecule has 7 atom stereocenters. The van der Waals surface area contributed by atoms with E-state index in [1.165, 1.54) is 17.7 Å². The molecule has 5 rings (SSSR count). The molecule has 1 aromatic rings. The number of Topliss-reactive ketones (excluding diaryl/α,β-unsaturated/α-hetero) is 1. The van der Waals surface area contributed by atoms with Gasteiger partial charge in [-0.1, -0.05) is 37.6 Å². The van der Waals surface area contributed by atoms with Crippen molar-refractivity contribution in [2.24, 2.45) is 28.6 Å². The number of carbonyl (C=O) groups is 1. The maximum atomic E-state index is 13.2. The Labute approximate surface area is 196 Å². The van der Waals surface area contributed by atoms with Crippen molar-refractivity contribution in [1.29, 1.82) is 0 Å². The maximum Gasteiger partial charge on any atom is 0.169 e. The van der Waals surface area contributed by atoms with Gasteiger partial charge < -0.3 is 14.9 Å². The predicted molar refractivity (Wildman–Crippen MR) is 123 cm³/mol. The van der Waals surface area contributed by atoms with Crippen molar-refractivity contribution < 1.29 is 24.1 Å². The largest absolute Gasteiger partial charge is 0.382 e. The van der Waals surface area contributed by atoms with Crippen molar-refractivity contribution >= 4 is 5.78 Å². The summed E-state index contributed by atoms with van der Waals surface area (Å²) in [6, 6.07) is 6.22. The van der Waals surface area contributed by atoms with Gasteiger partial charge in [0.1, 0.15) is 11.4 Å². The molecule has 3 saturated carbocycles. The van der Waals surface area contributed by atoms with Crippen LogP contribution in [0.15, 0.2) is 35.9 Å². The summed E-state index contributed by atoms with van der Waals surface area (Å²) in [5.74, 6) is -0.220. The van der Waals surface area contributed by atoms with Crippen LogP contribution in [0.3, 0.4) is 0 Å². The van der Waals surface area contributed by atoms with Gasteiger partial charge in [-0.3, -0.25) is 4.79 Å². The van der Waals surface area contributed by atoms with Gasteiger partial charge in [-0.2, -0.15) is 0 Å². The summed E-state index contributed by atoms with van der Waals surface area (Å²) in [5.41, 5.74) is 0.637. The van der Waals surface area contributed by atoms with Gasteiger partial charge in [0, 0.05) is 18.3 Å². The molecule has 0 amide bonds. The lowest BCUT2D eigenvalue weighted by Crippen LogP contribution is -2.57. The van der Waals surface area contributed by atoms with E-state index < -0.39 is 11.4 Å². The number of halogens is 1. The molecule has 180 valence electrons. The number of ketones is 1. The van der Waals surface area contributed by atoms with Crippen LogP contribution < -0.4 is 0 Å². The molecule has 0 saturated heterocycles. The van der Waals surface area contributed by atoms with Gasteiger partial charge in [0.15, 0.2) is 11.6 Å². The third kappa shape index (κ3) is 3.45. The van der Waals surface area contributed by atoms with E-state index in [1.807, 2.05) is 0 Å². The molecule has 0 spiro atoms. The number of aliphatic hydroxyl groups is 2. The van der Waals surface area contributed by atoms with E-state index in [0.717, 1.165) is 37.7 Å². The van der Waals surface area contributed by atoms with E-state index in [-0.39, 0.29) is 29.0 Å². The van der Waals surface area contributed by atoms with Gasteiger partial charge in [-0.15, -0.1) is 0 Å². The summed E-state index contributed by atoms with van der Waals surface area (Å²) in [4.78, 5) is 12.4. The van der Waals surface area contributed by atoms with Crippen LogP contribution in [0, 0.1) is 34.4 Å². The van der Waals surface area contributed by atoms with E-state index in [9.17, 15) is 19.4 Å². The quantitative estimate of drug-likeness (QED) is 0.476. The number of carbonyl (C=O) groups excluding carboxylic acids is 1. The highest BCUT2D eigenvalue weighted by atomic mass is 19.1. The third-order valence-electron chi connectivity index (χ3n) is 10.3. The minimum Gasteiger partial charge on any atom is -0.382 e. The van der Waals surface area contributed by atoms with Crippen molar-refractivity contribution in [3.05, 3.63) is 47.3 Å². The first-order valence-electron chi connectivity index (χ1n) is 12.5. The van der Waals surface area contributed by atoms with Gasteiger partial charge in [-0.05, 0) is 86.3 Å². The number of rotatable bonds is 4. The molecule has 0 radical (unpaired) electrons. The fourth-order valence-corrected chi connectivity index (χ4v) is 8.13. The van der Waals surface area contributed by atoms with Gasteiger partial charge in [0.2, 0.25) is 0 Å². The van der Waals surface area contributed by atoms with Crippen LogP contribution in [0.5, 0.6) is 0 Å². The highest BCUT2D eigenvalue weighted by molar-refractivity contribution is 5.86. The van der Waals surface area contributed by atoms with Crippen molar-refractivity contribution in [1.82, 2.24) is 0 Å². The van der Waals surface area contributed by atoms with Gasteiger partial charge in [-0.25, -0.2) is 4.39 Å². The molecule has 0 aromatic heterocycles. The summed E-state index contributed by atoms with van der Waals surface area (Å²) in [7, 11) is 0. The number of hydrogen-bond acceptors (Lipinski definition) is 4. The van der Waals surface area contributed by atoms with E-state index in [4.69, 9.17) is 4.74 Å². The molecule has 2 N–H and O–H groups in total. The Morgan fingerprint density at radius 1 is 1.06 bits per heavy atom. The van der Waals surface area contributed by atoms with Crippen LogP contribution in [0.2, 0.25) is 0 Å². The number of fused-ring (bicyclic) bond motifs is 5. The minimum absolute atomic E-state index is 0.0205. The van der Waals surface area contributed by atoms with E-state index in [0.29, 0.717) is 37.0 Å². The van der Waals surface area contributed by atoms with Crippen molar-refractivity contribution in [2.75, 3.05) is 0 Å². The highest BCUT2D eigenvalue weighted by Gasteiger charge is 2.65. The van der Waals surface area contributed by atoms with Crippen LogP contribution in [0.1, 0.15) is 77.7 Å². The molecule has 4 nitrogen and oxygen atoms in total. The number of benzene rings is 1. The van der Waals surface area contributed by atoms with Gasteiger partial charge in [0.25, 0.3) is 0 Å². The Morgan fingerprint density at radius 2 is 1.76 bits per heavy atom. The highest BCUT2D eigenvalue weighted by Crippen LogP contribution is 2.67. The second kappa shape index (κ2) is 7.73. The first kappa shape index (κ1) is 23.2. The second-order valence-electron chi connectivity index (χ2n) is 11.7. The van der Waals surface area contributed by atoms with Crippen molar-refractivity contribution in [2.45, 2.75) is 90.1 Å². The van der Waals surface area contributed by atoms with E-state index in [2.05, 4.69) is 19.9 Å². The van der Waals surface area contributed by atoms with Crippen LogP contribution in [0.25, 0.3) is 0 Å². The summed E-state index contributed by atoms with van der Waals surface area (Å²) in [6.07, 6.45) is 8.59. The van der Waals surface area contributed by atoms with Crippen LogP contribution in [-0.4, -0.2) is 27.4 Å². The number of hydrogen-bond donors (Lipinski definition) is 2. The monoisotopic (exact) mass is 456 g/mol. The molecule has 0 aliphatic heterocycles. The lowest BCUT2D eigenvalue weighted by atomic mass is 9.46. The minimum atomic E-state index is -1.20. The Bertz CT molecular complexity index is 973. The van der Waals surface area contributed by atoms with Crippen molar-refractivity contribution in [3.63, 3.8) is 0 Å². The summed E-state index contributed by atoms with van der Waals surface area (Å²) in [6.45, 7) is 6.31. The summed E-state index contributed by atoms with van der Waals surface area (Å²) < 4.78 is 19.2. The Kier molecular flexibility index (Phi) is 5.43. The van der Waals surface area contributed by atoms with E-state index in [1.54, 1.807) is 19.1 Å². The SMILES string of the molecule is CC(=O)[C@@]1(O)CC[C@H]2[C@@H]3CC=C4CC(O)(OCc5ccc(F)cc5)CC[C@]4(C)[C@H]3CC[C@@]21C. The fourth-order valence-electron chi connectivity index (χ4n) is 8.13. The molecule has 1 unspecified atom stereocenters. The molecule has 4 aliphatic carbocycles. The molecule has 33 heavy (non-hydrogen) atoms. The Hall–Kier alpha value is -1.56. The third-order valence-corrected chi connectivity index (χ3v) is 10.3. The van der Waals surface area contributed by atoms with Crippen LogP contribution in [0.4, 0.5) is 4.39 Å². The fraction of sp³-hybridized carbons (Fsp3) is 0.679. The molecule has 0 bridgehead atoms. The second-order valence-corrected chi connectivity index (χ2v) is 11.7. The maximum absolute atomic E-state index is 13.2. The lowest BCUT2D eigenvalue weighted by Gasteiger charge is -2.59. The van der Waals surface area contributed by atoms with Gasteiger partial charge >= 0.3 is 0 Å². The van der Waals surface area contributed by atoms with Crippen molar-refractivity contribution in [3.8, 4) is 0 Å².